The number of halogens is 1. The largest absolute Gasteiger partial charge is 0.448 e. The maximum Gasteiger partial charge on any atom is 0.356 e. The third kappa shape index (κ3) is 5.97. The first-order chi connectivity index (χ1) is 19.9. The number of ether oxygens (including phenoxy) is 1. The van der Waals surface area contributed by atoms with Crippen LogP contribution in [0, 0.1) is 0 Å². The van der Waals surface area contributed by atoms with Gasteiger partial charge in [-0.1, -0.05) is 83.8 Å². The Hall–Kier alpha value is -3.43. The maximum absolute atomic E-state index is 13.9. The van der Waals surface area contributed by atoms with E-state index in [1.807, 2.05) is 60.7 Å². The molecule has 0 radical (unpaired) electrons. The first kappa shape index (κ1) is 29.1. The lowest BCUT2D eigenvalue weighted by atomic mass is 9.96. The minimum Gasteiger partial charge on any atom is -0.448 e. The highest BCUT2D eigenvalue weighted by molar-refractivity contribution is 8.02. The summed E-state index contributed by atoms with van der Waals surface area (Å²) in [6, 6.07) is 18.6. The van der Waals surface area contributed by atoms with Crippen LogP contribution in [0.1, 0.15) is 17.2 Å². The molecule has 3 aromatic rings. The topological polar surface area (TPSA) is 157 Å². The number of β-lactam (4-membered cyclic amide) rings is 1. The number of alkyl halides is 1. The number of hydrogen-bond donors (Lipinski definition) is 3. The molecule has 0 unspecified atom stereocenters. The predicted octanol–water partition coefficient (Wildman–Crippen LogP) is 2.71. The van der Waals surface area contributed by atoms with Crippen LogP contribution in [0.2, 0.25) is 0 Å². The summed E-state index contributed by atoms with van der Waals surface area (Å²) in [6.07, 6.45) is -0.359. The second-order valence-corrected chi connectivity index (χ2v) is 12.4. The Labute approximate surface area is 252 Å². The predicted molar refractivity (Wildman–Crippen MR) is 157 cm³/mol. The van der Waals surface area contributed by atoms with Crippen molar-refractivity contribution >= 4 is 75.8 Å². The number of fused-ring (bicyclic) bond motifs is 1. The SMILES string of the molecule is N[C@]1(NC=O)C(=O)N2C(C(=O)OC(c3ccccc3)c3ccccc3)=C(CSc3nnc(NC(=O)CCl)s3)CS[C@H]21. The minimum absolute atomic E-state index is 0.0806. The molecule has 2 aromatic carbocycles. The lowest BCUT2D eigenvalue weighted by Crippen LogP contribution is -2.83. The number of nitrogens with one attached hydrogen (secondary N) is 2. The standard InChI is InChI=1S/C26H23ClN6O5S3/c27-11-18(35)30-24-31-32-25(41-24)40-13-17-12-39-23-26(28,29-14-34)22(37)33(23)19(17)21(36)38-20(15-7-3-1-4-8-15)16-9-5-2-6-10-16/h1-10,14,20,23H,11-13,28H2,(H,29,34)(H,30,31,35)/t23-,26-/m0/s1. The van der Waals surface area contributed by atoms with Crippen LogP contribution >= 0.6 is 46.5 Å². The molecule has 2 aliphatic rings. The second kappa shape index (κ2) is 12.6. The number of benzene rings is 2. The fourth-order valence-corrected chi connectivity index (χ4v) is 7.70. The van der Waals surface area contributed by atoms with Crippen LogP contribution in [0.4, 0.5) is 5.13 Å². The van der Waals surface area contributed by atoms with Gasteiger partial charge in [0.05, 0.1) is 0 Å². The van der Waals surface area contributed by atoms with Gasteiger partial charge in [-0.05, 0) is 16.7 Å². The normalized spacial score (nSPS) is 19.8. The summed E-state index contributed by atoms with van der Waals surface area (Å²) in [7, 11) is 0. The number of amides is 3. The van der Waals surface area contributed by atoms with Crippen LogP contribution < -0.4 is 16.4 Å². The zero-order chi connectivity index (χ0) is 29.0. The van der Waals surface area contributed by atoms with E-state index in [2.05, 4.69) is 20.8 Å². The van der Waals surface area contributed by atoms with Crippen LogP contribution in [0.25, 0.3) is 0 Å². The van der Waals surface area contributed by atoms with E-state index in [0.717, 1.165) is 22.5 Å². The van der Waals surface area contributed by atoms with Gasteiger partial charge in [-0.15, -0.1) is 33.6 Å². The zero-order valence-corrected chi connectivity index (χ0v) is 24.4. The number of carbonyl (C=O) groups excluding carboxylic acids is 4. The summed E-state index contributed by atoms with van der Waals surface area (Å²) in [5, 5.41) is 12.6. The van der Waals surface area contributed by atoms with Crippen molar-refractivity contribution in [2.45, 2.75) is 21.5 Å². The maximum atomic E-state index is 13.9. The molecular weight excluding hydrogens is 608 g/mol. The number of carbonyl (C=O) groups is 4. The number of thioether (sulfide) groups is 2. The van der Waals surface area contributed by atoms with Crippen LogP contribution in [0.3, 0.4) is 0 Å². The third-order valence-electron chi connectivity index (χ3n) is 6.25. The monoisotopic (exact) mass is 630 g/mol. The van der Waals surface area contributed by atoms with Crippen molar-refractivity contribution in [2.75, 3.05) is 22.7 Å². The van der Waals surface area contributed by atoms with Gasteiger partial charge in [-0.2, -0.15) is 0 Å². The molecule has 0 aliphatic carbocycles. The van der Waals surface area contributed by atoms with E-state index in [1.165, 1.54) is 28.4 Å². The molecular formula is C26H23ClN6O5S3. The number of rotatable bonds is 11. The van der Waals surface area contributed by atoms with Crippen LogP contribution in [0.5, 0.6) is 0 Å². The van der Waals surface area contributed by atoms with Crippen molar-refractivity contribution in [3.8, 4) is 0 Å². The molecule has 2 aliphatic heterocycles. The molecule has 1 aromatic heterocycles. The van der Waals surface area contributed by atoms with Crippen LogP contribution in [-0.4, -0.2) is 67.7 Å². The summed E-state index contributed by atoms with van der Waals surface area (Å²) in [5.74, 6) is -1.30. The Morgan fingerprint density at radius 2 is 1.83 bits per heavy atom. The summed E-state index contributed by atoms with van der Waals surface area (Å²) in [5.41, 5.74) is 6.82. The molecule has 15 heteroatoms. The molecule has 1 fully saturated rings. The van der Waals surface area contributed by atoms with Crippen molar-refractivity contribution in [1.29, 1.82) is 0 Å². The molecule has 3 amide bonds. The van der Waals surface area contributed by atoms with Gasteiger partial charge in [-0.3, -0.25) is 30.3 Å². The number of esters is 1. The van der Waals surface area contributed by atoms with Gasteiger partial charge >= 0.3 is 5.97 Å². The molecule has 1 saturated heterocycles. The molecule has 4 N–H and O–H groups in total. The average molecular weight is 631 g/mol. The van der Waals surface area contributed by atoms with Gasteiger partial charge in [0.15, 0.2) is 10.4 Å². The molecule has 41 heavy (non-hydrogen) atoms. The highest BCUT2D eigenvalue weighted by Gasteiger charge is 2.63. The van der Waals surface area contributed by atoms with Gasteiger partial charge in [0.2, 0.25) is 23.1 Å². The van der Waals surface area contributed by atoms with Gasteiger partial charge in [0.1, 0.15) is 17.0 Å². The number of hydrogen-bond acceptors (Lipinski definition) is 11. The molecule has 3 heterocycles. The smallest absolute Gasteiger partial charge is 0.356 e. The molecule has 0 saturated carbocycles. The number of nitrogens with two attached hydrogens (primary N) is 1. The zero-order valence-electron chi connectivity index (χ0n) is 21.2. The van der Waals surface area contributed by atoms with E-state index in [4.69, 9.17) is 22.1 Å². The van der Waals surface area contributed by atoms with Crippen molar-refractivity contribution in [2.24, 2.45) is 5.73 Å². The van der Waals surface area contributed by atoms with E-state index >= 15 is 0 Å². The van der Waals surface area contributed by atoms with Gasteiger partial charge in [0, 0.05) is 11.5 Å². The van der Waals surface area contributed by atoms with Crippen molar-refractivity contribution in [3.05, 3.63) is 83.1 Å². The minimum atomic E-state index is -1.64. The van der Waals surface area contributed by atoms with Gasteiger partial charge in [0.25, 0.3) is 5.91 Å². The Morgan fingerprint density at radius 3 is 2.44 bits per heavy atom. The number of aromatic nitrogens is 2. The van der Waals surface area contributed by atoms with Gasteiger partial charge in [-0.25, -0.2) is 4.79 Å². The highest BCUT2D eigenvalue weighted by Crippen LogP contribution is 2.45. The number of nitrogens with zero attached hydrogens (tertiary/aromatic N) is 3. The summed E-state index contributed by atoms with van der Waals surface area (Å²) in [4.78, 5) is 51.2. The van der Waals surface area contributed by atoms with E-state index in [0.29, 0.717) is 27.2 Å². The van der Waals surface area contributed by atoms with E-state index in [1.54, 1.807) is 0 Å². The van der Waals surface area contributed by atoms with Crippen LogP contribution in [0.15, 0.2) is 76.3 Å². The first-order valence-corrected chi connectivity index (χ1v) is 15.5. The summed E-state index contributed by atoms with van der Waals surface area (Å²) < 4.78 is 6.65. The van der Waals surface area contributed by atoms with Crippen molar-refractivity contribution in [3.63, 3.8) is 0 Å². The lowest BCUT2D eigenvalue weighted by molar-refractivity contribution is -0.160. The second-order valence-electron chi connectivity index (χ2n) is 8.87. The van der Waals surface area contributed by atoms with E-state index in [-0.39, 0.29) is 17.3 Å². The highest BCUT2D eigenvalue weighted by atomic mass is 35.5. The third-order valence-corrected chi connectivity index (χ3v) is 9.97. The lowest BCUT2D eigenvalue weighted by Gasteiger charge is -2.55. The Morgan fingerprint density at radius 1 is 1.17 bits per heavy atom. The number of anilines is 1. The fraction of sp³-hybridized carbons (Fsp3) is 0.231. The Bertz CT molecular complexity index is 1450. The van der Waals surface area contributed by atoms with E-state index in [9.17, 15) is 19.2 Å². The molecule has 11 nitrogen and oxygen atoms in total. The average Bonchev–Trinajstić information content (AvgIpc) is 3.45. The molecule has 0 bridgehead atoms. The van der Waals surface area contributed by atoms with Crippen LogP contribution in [-0.2, 0) is 23.9 Å². The molecule has 212 valence electrons. The van der Waals surface area contributed by atoms with Crippen molar-refractivity contribution < 1.29 is 23.9 Å². The molecule has 2 atom stereocenters. The molecule has 5 rings (SSSR count). The van der Waals surface area contributed by atoms with Gasteiger partial charge < -0.3 is 10.1 Å². The van der Waals surface area contributed by atoms with Crippen molar-refractivity contribution in [1.82, 2.24) is 20.4 Å². The van der Waals surface area contributed by atoms with E-state index < -0.39 is 34.9 Å². The Kier molecular flexibility index (Phi) is 8.94. The molecule has 0 spiro atoms. The first-order valence-electron chi connectivity index (χ1n) is 12.2. The quantitative estimate of drug-likeness (QED) is 0.0547. The summed E-state index contributed by atoms with van der Waals surface area (Å²) in [6.45, 7) is 0. The fourth-order valence-electron chi connectivity index (χ4n) is 4.34. The summed E-state index contributed by atoms with van der Waals surface area (Å²) >= 11 is 9.32. The Balaban J connectivity index is 1.45.